The summed E-state index contributed by atoms with van der Waals surface area (Å²) in [6, 6.07) is 11.5. The van der Waals surface area contributed by atoms with Gasteiger partial charge in [-0.15, -0.1) is 10.2 Å². The van der Waals surface area contributed by atoms with Crippen LogP contribution in [-0.2, 0) is 6.42 Å². The maximum absolute atomic E-state index is 12.6. The minimum atomic E-state index is -0.0974. The lowest BCUT2D eigenvalue weighted by Gasteiger charge is -2.21. The molecule has 1 aliphatic rings. The van der Waals surface area contributed by atoms with Gasteiger partial charge in [-0.3, -0.25) is 4.79 Å². The van der Waals surface area contributed by atoms with Crippen LogP contribution in [0, 0.1) is 0 Å². The molecule has 0 fully saturated rings. The Hall–Kier alpha value is -2.43. The van der Waals surface area contributed by atoms with Crippen LogP contribution in [-0.4, -0.2) is 28.2 Å². The van der Waals surface area contributed by atoms with E-state index in [-0.39, 0.29) is 11.4 Å². The van der Waals surface area contributed by atoms with Crippen LogP contribution in [0.1, 0.15) is 36.8 Å². The van der Waals surface area contributed by atoms with Crippen LogP contribution in [0.3, 0.4) is 0 Å². The molecule has 1 aromatic heterocycles. The molecule has 1 N–H and O–H groups in total. The van der Waals surface area contributed by atoms with Gasteiger partial charge in [0.15, 0.2) is 5.69 Å². The summed E-state index contributed by atoms with van der Waals surface area (Å²) in [5, 5.41) is 11.4. The largest absolute Gasteiger partial charge is 0.364 e. The molecule has 0 spiro atoms. The van der Waals surface area contributed by atoms with Gasteiger partial charge in [0, 0.05) is 17.8 Å². The summed E-state index contributed by atoms with van der Waals surface area (Å²) in [4.78, 5) is 14.4. The number of nitrogens with one attached hydrogen (secondary N) is 1. The molecule has 1 amide bonds. The first-order chi connectivity index (χ1) is 10.4. The molecule has 1 aliphatic heterocycles. The highest BCUT2D eigenvalue weighted by molar-refractivity contribution is 6.06. The number of benzene rings is 1. The molecule has 0 radical (unpaired) electrons. The molecular formula is C17H20N4O. The number of carbonyl (C=O) groups excluding carboxylic acids is 1. The van der Waals surface area contributed by atoms with E-state index in [4.69, 9.17) is 0 Å². The Labute approximate surface area is 130 Å². The zero-order valence-electron chi connectivity index (χ0n) is 13.1. The third kappa shape index (κ3) is 2.93. The van der Waals surface area contributed by atoms with Crippen LogP contribution in [0.15, 0.2) is 36.4 Å². The minimum absolute atomic E-state index is 0.0892. The monoisotopic (exact) mass is 296 g/mol. The molecule has 3 rings (SSSR count). The number of fused-ring (bicyclic) bond motifs is 1. The normalized spacial score (nSPS) is 13.9. The lowest BCUT2D eigenvalue weighted by Crippen LogP contribution is -2.30. The van der Waals surface area contributed by atoms with E-state index in [2.05, 4.69) is 42.4 Å². The second kappa shape index (κ2) is 5.40. The molecule has 22 heavy (non-hydrogen) atoms. The summed E-state index contributed by atoms with van der Waals surface area (Å²) in [6.45, 7) is 6.85. The number of nitrogens with zero attached hydrogens (tertiary/aromatic N) is 3. The third-order valence-electron chi connectivity index (χ3n) is 3.52. The first-order valence-corrected chi connectivity index (χ1v) is 7.46. The molecule has 114 valence electrons. The van der Waals surface area contributed by atoms with Crippen molar-refractivity contribution in [2.24, 2.45) is 0 Å². The van der Waals surface area contributed by atoms with Crippen LogP contribution in [0.25, 0.3) is 0 Å². The molecule has 5 heteroatoms. The van der Waals surface area contributed by atoms with Crippen molar-refractivity contribution in [1.29, 1.82) is 0 Å². The Kier molecular flexibility index (Phi) is 3.56. The minimum Gasteiger partial charge on any atom is -0.364 e. The maximum atomic E-state index is 12.6. The molecule has 2 aromatic rings. The second-order valence-electron chi connectivity index (χ2n) is 6.51. The molecule has 0 bridgehead atoms. The SMILES string of the molecule is CC(C)(C)Nc1ccc(C(=O)N2CCc3ccccc32)nn1. The van der Waals surface area contributed by atoms with Gasteiger partial charge in [-0.1, -0.05) is 18.2 Å². The fraction of sp³-hybridized carbons (Fsp3) is 0.353. The first kappa shape index (κ1) is 14.5. The van der Waals surface area contributed by atoms with Crippen LogP contribution >= 0.6 is 0 Å². The summed E-state index contributed by atoms with van der Waals surface area (Å²) in [5.74, 6) is 0.575. The molecular weight excluding hydrogens is 276 g/mol. The van der Waals surface area contributed by atoms with Gasteiger partial charge in [-0.25, -0.2) is 0 Å². The van der Waals surface area contributed by atoms with E-state index in [1.807, 2.05) is 18.2 Å². The van der Waals surface area contributed by atoms with Crippen LogP contribution in [0.4, 0.5) is 11.5 Å². The molecule has 0 aliphatic carbocycles. The van der Waals surface area contributed by atoms with Crippen molar-refractivity contribution in [3.05, 3.63) is 47.7 Å². The molecule has 5 nitrogen and oxygen atoms in total. The molecule has 0 saturated heterocycles. The van der Waals surface area contributed by atoms with E-state index in [0.29, 0.717) is 18.1 Å². The smallest absolute Gasteiger partial charge is 0.278 e. The zero-order chi connectivity index (χ0) is 15.7. The Morgan fingerprint density at radius 1 is 1.14 bits per heavy atom. The van der Waals surface area contributed by atoms with Crippen LogP contribution in [0.2, 0.25) is 0 Å². The summed E-state index contributed by atoms with van der Waals surface area (Å²) in [5.41, 5.74) is 2.46. The van der Waals surface area contributed by atoms with Gasteiger partial charge < -0.3 is 10.2 Å². The maximum Gasteiger partial charge on any atom is 0.278 e. The topological polar surface area (TPSA) is 58.1 Å². The van der Waals surface area contributed by atoms with Gasteiger partial charge >= 0.3 is 0 Å². The quantitative estimate of drug-likeness (QED) is 0.925. The Bertz CT molecular complexity index is 689. The third-order valence-corrected chi connectivity index (χ3v) is 3.52. The molecule has 0 unspecified atom stereocenters. The number of amides is 1. The van der Waals surface area contributed by atoms with Crippen molar-refractivity contribution in [3.63, 3.8) is 0 Å². The number of hydrogen-bond donors (Lipinski definition) is 1. The zero-order valence-corrected chi connectivity index (χ0v) is 13.1. The average molecular weight is 296 g/mol. The van der Waals surface area contributed by atoms with E-state index < -0.39 is 0 Å². The van der Waals surface area contributed by atoms with Gasteiger partial charge in [0.2, 0.25) is 0 Å². The summed E-state index contributed by atoms with van der Waals surface area (Å²) >= 11 is 0. The Morgan fingerprint density at radius 2 is 1.91 bits per heavy atom. The van der Waals surface area contributed by atoms with Gasteiger partial charge in [0.1, 0.15) is 5.82 Å². The highest BCUT2D eigenvalue weighted by Crippen LogP contribution is 2.28. The summed E-state index contributed by atoms with van der Waals surface area (Å²) in [6.07, 6.45) is 0.888. The molecule has 0 atom stereocenters. The standard InChI is InChI=1S/C17H20N4O/c1-17(2,3)18-15-9-8-13(19-20-15)16(22)21-11-10-12-6-4-5-7-14(12)21/h4-9H,10-11H2,1-3H3,(H,18,20). The average Bonchev–Trinajstić information content (AvgIpc) is 2.89. The van der Waals surface area contributed by atoms with E-state index in [1.165, 1.54) is 5.56 Å². The molecule has 2 heterocycles. The van der Waals surface area contributed by atoms with Gasteiger partial charge in [0.25, 0.3) is 5.91 Å². The number of anilines is 2. The van der Waals surface area contributed by atoms with Crippen molar-refractivity contribution >= 4 is 17.4 Å². The molecule has 1 aromatic carbocycles. The number of rotatable bonds is 2. The number of para-hydroxylation sites is 1. The van der Waals surface area contributed by atoms with Gasteiger partial charge in [-0.2, -0.15) is 0 Å². The van der Waals surface area contributed by atoms with Gasteiger partial charge in [-0.05, 0) is 51.0 Å². The lowest BCUT2D eigenvalue weighted by molar-refractivity contribution is 0.0983. The number of carbonyl (C=O) groups is 1. The predicted octanol–water partition coefficient (Wildman–Crippen LogP) is 2.89. The van der Waals surface area contributed by atoms with Crippen LogP contribution in [0.5, 0.6) is 0 Å². The Morgan fingerprint density at radius 3 is 2.59 bits per heavy atom. The summed E-state index contributed by atoms with van der Waals surface area (Å²) in [7, 11) is 0. The first-order valence-electron chi connectivity index (χ1n) is 7.46. The number of hydrogen-bond acceptors (Lipinski definition) is 4. The highest BCUT2D eigenvalue weighted by atomic mass is 16.2. The van der Waals surface area contributed by atoms with E-state index in [9.17, 15) is 4.79 Å². The van der Waals surface area contributed by atoms with Crippen molar-refractivity contribution in [2.45, 2.75) is 32.7 Å². The molecule has 0 saturated carbocycles. The highest BCUT2D eigenvalue weighted by Gasteiger charge is 2.26. The van der Waals surface area contributed by atoms with Gasteiger partial charge in [0.05, 0.1) is 0 Å². The van der Waals surface area contributed by atoms with Crippen molar-refractivity contribution < 1.29 is 4.79 Å². The van der Waals surface area contributed by atoms with Crippen molar-refractivity contribution in [1.82, 2.24) is 10.2 Å². The van der Waals surface area contributed by atoms with Crippen molar-refractivity contribution in [2.75, 3.05) is 16.8 Å². The van der Waals surface area contributed by atoms with E-state index >= 15 is 0 Å². The van der Waals surface area contributed by atoms with Crippen molar-refractivity contribution in [3.8, 4) is 0 Å². The van der Waals surface area contributed by atoms with E-state index in [1.54, 1.807) is 17.0 Å². The fourth-order valence-electron chi connectivity index (χ4n) is 2.58. The van der Waals surface area contributed by atoms with E-state index in [0.717, 1.165) is 12.1 Å². The lowest BCUT2D eigenvalue weighted by atomic mass is 10.1. The summed E-state index contributed by atoms with van der Waals surface area (Å²) < 4.78 is 0. The predicted molar refractivity (Wildman–Crippen MR) is 87.2 cm³/mol. The van der Waals surface area contributed by atoms with Crippen LogP contribution < -0.4 is 10.2 Å². The second-order valence-corrected chi connectivity index (χ2v) is 6.51. The Balaban J connectivity index is 1.79. The number of aromatic nitrogens is 2. The fourth-order valence-corrected chi connectivity index (χ4v) is 2.58.